The molecule has 0 saturated heterocycles. The molecule has 0 aliphatic rings. The molecule has 10 rings (SSSR count). The van der Waals surface area contributed by atoms with E-state index in [0.29, 0.717) is 11.5 Å². The molecule has 7 heteroatoms. The van der Waals surface area contributed by atoms with Crippen LogP contribution < -0.4 is 4.74 Å². The van der Waals surface area contributed by atoms with Crippen molar-refractivity contribution in [2.45, 2.75) is 26.2 Å². The van der Waals surface area contributed by atoms with Crippen molar-refractivity contribution >= 4 is 49.4 Å². The number of hydrogen-bond acceptors (Lipinski definition) is 4. The molecule has 0 spiro atoms. The molecule has 5 heterocycles. The first-order chi connectivity index (χ1) is 25.9. The smallest absolute Gasteiger partial charge is 0.503 e. The van der Waals surface area contributed by atoms with Crippen molar-refractivity contribution in [2.24, 2.45) is 0 Å². The molecule has 10 aromatic rings. The average molecular weight is 879 g/mol. The number of hydrogen-bond donors (Lipinski definition) is 0. The van der Waals surface area contributed by atoms with Gasteiger partial charge < -0.3 is 13.7 Å². The fourth-order valence-electron chi connectivity index (χ4n) is 7.47. The van der Waals surface area contributed by atoms with Crippen LogP contribution in [0.4, 0.5) is 0 Å². The second-order valence-corrected chi connectivity index (χ2v) is 14.4. The minimum absolute atomic E-state index is 0. The van der Waals surface area contributed by atoms with E-state index in [1.807, 2.05) is 67.0 Å². The Hall–Kier alpha value is -6.10. The Kier molecular flexibility index (Phi) is 8.17. The van der Waals surface area contributed by atoms with Crippen LogP contribution in [0.25, 0.3) is 77.6 Å². The van der Waals surface area contributed by atoms with Crippen LogP contribution in [0.1, 0.15) is 26.3 Å². The monoisotopic (exact) mass is 878 g/mol. The van der Waals surface area contributed by atoms with Gasteiger partial charge in [0.2, 0.25) is 0 Å². The van der Waals surface area contributed by atoms with Gasteiger partial charge >= 0.3 is 21.1 Å². The zero-order valence-corrected chi connectivity index (χ0v) is 32.1. The van der Waals surface area contributed by atoms with Crippen LogP contribution in [0.3, 0.4) is 0 Å². The predicted molar refractivity (Wildman–Crippen MR) is 214 cm³/mol. The van der Waals surface area contributed by atoms with Crippen molar-refractivity contribution in [3.8, 4) is 39.7 Å². The van der Waals surface area contributed by atoms with Gasteiger partial charge in [0.05, 0.1) is 22.6 Å². The molecule has 0 aliphatic heterocycles. The zero-order valence-electron chi connectivity index (χ0n) is 29.8. The van der Waals surface area contributed by atoms with Gasteiger partial charge in [-0.05, 0) is 40.6 Å². The summed E-state index contributed by atoms with van der Waals surface area (Å²) in [4.78, 5) is 15.1. The van der Waals surface area contributed by atoms with E-state index >= 15 is 0 Å². The summed E-state index contributed by atoms with van der Waals surface area (Å²) in [5.74, 6) is 1.14. The van der Waals surface area contributed by atoms with Gasteiger partial charge in [0.25, 0.3) is 0 Å². The maximum Gasteiger partial charge on any atom is 2.00 e. The SMILES string of the molecule is CC(C)(C)c1ccc2c3cccnc3n(-c3[c-]c(Oc4[c-]c5c(cc4)c4cccnc4n4c(-c6ccccc6)c(-c6ccccc6)nc54)ccc3)c2c1.[Pt+2]. The third kappa shape index (κ3) is 5.48. The Morgan fingerprint density at radius 2 is 1.24 bits per heavy atom. The topological polar surface area (TPSA) is 57.2 Å². The number of benzene rings is 5. The van der Waals surface area contributed by atoms with E-state index in [-0.39, 0.29) is 26.5 Å². The van der Waals surface area contributed by atoms with Crippen molar-refractivity contribution < 1.29 is 25.8 Å². The van der Waals surface area contributed by atoms with Crippen molar-refractivity contribution in [1.82, 2.24) is 23.9 Å². The fourth-order valence-corrected chi connectivity index (χ4v) is 7.47. The summed E-state index contributed by atoms with van der Waals surface area (Å²) in [7, 11) is 0. The molecule has 0 bridgehead atoms. The van der Waals surface area contributed by atoms with Crippen LogP contribution in [-0.2, 0) is 26.5 Å². The number of rotatable bonds is 5. The summed E-state index contributed by atoms with van der Waals surface area (Å²) < 4.78 is 10.9. The molecule has 0 atom stereocenters. The summed E-state index contributed by atoms with van der Waals surface area (Å²) in [5.41, 5.74) is 9.60. The first-order valence-corrected chi connectivity index (χ1v) is 17.8. The Balaban J connectivity index is 0.00000384. The van der Waals surface area contributed by atoms with Crippen LogP contribution in [0.15, 0.2) is 146 Å². The van der Waals surface area contributed by atoms with Crippen molar-refractivity contribution in [2.75, 3.05) is 0 Å². The molecule has 54 heavy (non-hydrogen) atoms. The Morgan fingerprint density at radius 3 is 1.98 bits per heavy atom. The Labute approximate surface area is 327 Å². The van der Waals surface area contributed by atoms with Crippen molar-refractivity contribution in [3.63, 3.8) is 0 Å². The van der Waals surface area contributed by atoms with Gasteiger partial charge in [-0.2, -0.15) is 6.07 Å². The molecule has 6 nitrogen and oxygen atoms in total. The molecule has 0 fully saturated rings. The van der Waals surface area contributed by atoms with Gasteiger partial charge in [0.15, 0.2) is 0 Å². The summed E-state index contributed by atoms with van der Waals surface area (Å²) >= 11 is 0. The standard InChI is InChI=1S/C47H33N5O.Pt/c1-47(2,3)32-21-23-37-39-20-12-25-48-44(39)51(41(37)27-32)33-17-10-18-34(28-33)53-35-22-24-36-38-19-11-26-49-45(38)52-43(31-15-8-5-9-16-31)42(30-13-6-4-7-14-30)50-46(52)40(36)29-35;/h4-27H,1-3H3;/q-2;+2. The second kappa shape index (κ2) is 13.1. The van der Waals surface area contributed by atoms with E-state index in [9.17, 15) is 0 Å². The Bertz CT molecular complexity index is 3020. The van der Waals surface area contributed by atoms with Gasteiger partial charge in [-0.3, -0.25) is 4.98 Å². The van der Waals surface area contributed by atoms with Gasteiger partial charge in [-0.1, -0.05) is 122 Å². The molecular formula is C47H33N5OPt. The summed E-state index contributed by atoms with van der Waals surface area (Å²) in [6.07, 6.45) is 3.68. The van der Waals surface area contributed by atoms with E-state index in [1.165, 1.54) is 5.56 Å². The third-order valence-corrected chi connectivity index (χ3v) is 10.0. The van der Waals surface area contributed by atoms with Crippen LogP contribution in [0.5, 0.6) is 11.5 Å². The third-order valence-electron chi connectivity index (χ3n) is 10.0. The molecule has 0 aliphatic carbocycles. The maximum atomic E-state index is 6.60. The van der Waals surface area contributed by atoms with Gasteiger partial charge in [-0.25, -0.2) is 9.97 Å². The van der Waals surface area contributed by atoms with E-state index in [0.717, 1.165) is 77.6 Å². The number of nitrogens with zero attached hydrogens (tertiary/aromatic N) is 5. The van der Waals surface area contributed by atoms with E-state index in [2.05, 4.69) is 121 Å². The minimum atomic E-state index is -0.00509. The largest absolute Gasteiger partial charge is 2.00 e. The molecule has 262 valence electrons. The predicted octanol–water partition coefficient (Wildman–Crippen LogP) is 11.5. The van der Waals surface area contributed by atoms with E-state index < -0.39 is 0 Å². The summed E-state index contributed by atoms with van der Waals surface area (Å²) in [5, 5.41) is 5.11. The fraction of sp³-hybridized carbons (Fsp3) is 0.0851. The number of aromatic nitrogens is 5. The van der Waals surface area contributed by atoms with Crippen LogP contribution in [0, 0.1) is 12.1 Å². The number of pyridine rings is 3. The molecule has 0 saturated carbocycles. The van der Waals surface area contributed by atoms with Crippen molar-refractivity contribution in [1.29, 1.82) is 0 Å². The molecule has 5 aromatic carbocycles. The van der Waals surface area contributed by atoms with E-state index in [4.69, 9.17) is 19.7 Å². The summed E-state index contributed by atoms with van der Waals surface area (Å²) in [6.45, 7) is 6.71. The molecular weight excluding hydrogens is 846 g/mol. The van der Waals surface area contributed by atoms with Crippen LogP contribution >= 0.6 is 0 Å². The first-order valence-electron chi connectivity index (χ1n) is 17.8. The molecule has 5 aromatic heterocycles. The normalized spacial score (nSPS) is 11.8. The molecule has 0 unspecified atom stereocenters. The van der Waals surface area contributed by atoms with Crippen molar-refractivity contribution in [3.05, 3.63) is 164 Å². The van der Waals surface area contributed by atoms with Crippen LogP contribution in [-0.4, -0.2) is 23.9 Å². The van der Waals surface area contributed by atoms with E-state index in [1.54, 1.807) is 0 Å². The quantitative estimate of drug-likeness (QED) is 0.128. The number of ether oxygens (including phenoxy) is 1. The second-order valence-electron chi connectivity index (χ2n) is 14.4. The molecule has 0 radical (unpaired) electrons. The van der Waals surface area contributed by atoms with Gasteiger partial charge in [0, 0.05) is 45.8 Å². The average Bonchev–Trinajstić information content (AvgIpc) is 3.76. The summed E-state index contributed by atoms with van der Waals surface area (Å²) in [6, 6.07) is 52.8. The Morgan fingerprint density at radius 1 is 0.574 bits per heavy atom. The first kappa shape index (κ1) is 33.7. The minimum Gasteiger partial charge on any atom is -0.503 e. The van der Waals surface area contributed by atoms with Crippen LogP contribution in [0.2, 0.25) is 0 Å². The molecule has 0 N–H and O–H groups in total. The number of fused-ring (bicyclic) bond motifs is 9. The maximum absolute atomic E-state index is 6.60. The van der Waals surface area contributed by atoms with Gasteiger partial charge in [0.1, 0.15) is 11.3 Å². The number of imidazole rings is 1. The zero-order chi connectivity index (χ0) is 35.7. The van der Waals surface area contributed by atoms with Gasteiger partial charge in [-0.15, -0.1) is 30.3 Å². The molecule has 0 amide bonds.